The summed E-state index contributed by atoms with van der Waals surface area (Å²) in [6.45, 7) is 1.84. The van der Waals surface area contributed by atoms with Gasteiger partial charge in [0.15, 0.2) is 4.96 Å². The van der Waals surface area contributed by atoms with Crippen LogP contribution in [0, 0.1) is 11.7 Å². The van der Waals surface area contributed by atoms with E-state index in [0.29, 0.717) is 4.96 Å². The van der Waals surface area contributed by atoms with Crippen LogP contribution >= 0.6 is 23.6 Å². The zero-order valence-electron chi connectivity index (χ0n) is 14.4. The van der Waals surface area contributed by atoms with Gasteiger partial charge in [-0.25, -0.2) is 17.9 Å². The minimum atomic E-state index is -4.02. The first-order valence-electron chi connectivity index (χ1n) is 8.02. The number of nitrogens with zero attached hydrogens (tertiary/aromatic N) is 3. The van der Waals surface area contributed by atoms with Gasteiger partial charge in [0, 0.05) is 0 Å². The van der Waals surface area contributed by atoms with Crippen LogP contribution < -0.4 is 10.0 Å². The van der Waals surface area contributed by atoms with Crippen LogP contribution in [0.2, 0.25) is 0 Å². The summed E-state index contributed by atoms with van der Waals surface area (Å²) in [5, 5.41) is 2.33. The van der Waals surface area contributed by atoms with Crippen molar-refractivity contribution in [2.75, 3.05) is 5.32 Å². The van der Waals surface area contributed by atoms with Crippen LogP contribution in [0.4, 0.5) is 10.7 Å². The molecule has 28 heavy (non-hydrogen) atoms. The molecule has 0 saturated carbocycles. The first kappa shape index (κ1) is 18.5. The van der Waals surface area contributed by atoms with Crippen molar-refractivity contribution in [1.82, 2.24) is 19.1 Å². The quantitative estimate of drug-likeness (QED) is 0.481. The average Bonchev–Trinajstić information content (AvgIpc) is 3.00. The number of thiazole rings is 1. The molecule has 0 fully saturated rings. The number of amides is 2. The van der Waals surface area contributed by atoms with Crippen LogP contribution in [0.15, 0.2) is 53.4 Å². The molecule has 2 amide bonds. The van der Waals surface area contributed by atoms with Crippen molar-refractivity contribution < 1.29 is 13.2 Å². The molecule has 142 valence electrons. The van der Waals surface area contributed by atoms with E-state index in [2.05, 4.69) is 15.3 Å². The van der Waals surface area contributed by atoms with Crippen molar-refractivity contribution in [2.24, 2.45) is 0 Å². The number of urea groups is 1. The highest BCUT2D eigenvalue weighted by Gasteiger charge is 2.18. The molecule has 0 aliphatic carbocycles. The predicted octanol–water partition coefficient (Wildman–Crippen LogP) is 3.49. The summed E-state index contributed by atoms with van der Waals surface area (Å²) in [5.74, 6) is -0.0758. The van der Waals surface area contributed by atoms with Crippen LogP contribution in [0.3, 0.4) is 0 Å². The second-order valence-electron chi connectivity index (χ2n) is 5.89. The van der Waals surface area contributed by atoms with Crippen LogP contribution in [0.25, 0.3) is 15.2 Å². The van der Waals surface area contributed by atoms with Crippen LogP contribution in [0.1, 0.15) is 5.56 Å². The van der Waals surface area contributed by atoms with Crippen molar-refractivity contribution in [3.05, 3.63) is 58.9 Å². The van der Waals surface area contributed by atoms with Gasteiger partial charge in [-0.15, -0.1) is 0 Å². The van der Waals surface area contributed by atoms with Crippen molar-refractivity contribution >= 4 is 60.7 Å². The molecular weight excluding hydrogens is 418 g/mol. The van der Waals surface area contributed by atoms with E-state index >= 15 is 0 Å². The normalized spacial score (nSPS) is 11.6. The Kier molecular flexibility index (Phi) is 4.57. The van der Waals surface area contributed by atoms with E-state index in [1.165, 1.54) is 23.5 Å². The predicted molar refractivity (Wildman–Crippen MR) is 110 cm³/mol. The SMILES string of the molecule is Cc1ccc(S(=O)(=O)NC(=O)Nc2nc(=S)n3c(n2)sc2ccccc23)cc1. The molecule has 2 N–H and O–H groups in total. The first-order valence-corrected chi connectivity index (χ1v) is 10.7. The Morgan fingerprint density at radius 2 is 1.82 bits per heavy atom. The number of aryl methyl sites for hydroxylation is 1. The molecule has 4 rings (SSSR count). The monoisotopic (exact) mass is 431 g/mol. The van der Waals surface area contributed by atoms with E-state index in [-0.39, 0.29) is 15.6 Å². The number of rotatable bonds is 3. The van der Waals surface area contributed by atoms with Gasteiger partial charge in [-0.1, -0.05) is 41.2 Å². The maximum atomic E-state index is 12.3. The smallest absolute Gasteiger partial charge is 0.275 e. The summed E-state index contributed by atoms with van der Waals surface area (Å²) in [6, 6.07) is 12.8. The summed E-state index contributed by atoms with van der Waals surface area (Å²) in [6.07, 6.45) is 0. The third-order valence-electron chi connectivity index (χ3n) is 3.88. The first-order chi connectivity index (χ1) is 13.3. The number of carbonyl (C=O) groups is 1. The fraction of sp³-hybridized carbons (Fsp3) is 0.0588. The average molecular weight is 432 g/mol. The summed E-state index contributed by atoms with van der Waals surface area (Å²) < 4.78 is 29.4. The Bertz CT molecular complexity index is 1370. The molecule has 0 aliphatic rings. The van der Waals surface area contributed by atoms with Gasteiger partial charge in [0.25, 0.3) is 10.0 Å². The second kappa shape index (κ2) is 6.93. The number of para-hydroxylation sites is 1. The van der Waals surface area contributed by atoms with Gasteiger partial charge in [-0.3, -0.25) is 9.72 Å². The molecule has 8 nitrogen and oxygen atoms in total. The Morgan fingerprint density at radius 3 is 2.57 bits per heavy atom. The van der Waals surface area contributed by atoms with Crippen LogP contribution in [-0.4, -0.2) is 28.8 Å². The second-order valence-corrected chi connectivity index (χ2v) is 8.95. The summed E-state index contributed by atoms with van der Waals surface area (Å²) in [5.41, 5.74) is 1.77. The molecule has 0 saturated heterocycles. The van der Waals surface area contributed by atoms with E-state index in [4.69, 9.17) is 12.2 Å². The Balaban J connectivity index is 1.61. The van der Waals surface area contributed by atoms with Crippen molar-refractivity contribution in [1.29, 1.82) is 0 Å². The third-order valence-corrected chi connectivity index (χ3v) is 6.52. The Hall–Kier alpha value is -2.89. The number of aromatic nitrogens is 3. The lowest BCUT2D eigenvalue weighted by Crippen LogP contribution is -2.34. The lowest BCUT2D eigenvalue weighted by molar-refractivity contribution is 0.256. The van der Waals surface area contributed by atoms with E-state index in [0.717, 1.165) is 15.8 Å². The van der Waals surface area contributed by atoms with Crippen LogP contribution in [0.5, 0.6) is 0 Å². The number of hydrogen-bond donors (Lipinski definition) is 2. The van der Waals surface area contributed by atoms with E-state index in [9.17, 15) is 13.2 Å². The topological polar surface area (TPSA) is 105 Å². The summed E-state index contributed by atoms with van der Waals surface area (Å²) >= 11 is 6.69. The van der Waals surface area contributed by atoms with Crippen molar-refractivity contribution in [2.45, 2.75) is 11.8 Å². The highest BCUT2D eigenvalue weighted by molar-refractivity contribution is 7.90. The largest absolute Gasteiger partial charge is 0.335 e. The molecule has 2 aromatic carbocycles. The molecule has 0 radical (unpaired) electrons. The zero-order chi connectivity index (χ0) is 19.9. The standard InChI is InChI=1S/C17H13N5O3S3/c1-10-6-8-11(9-7-10)28(24,25)21-15(23)18-14-19-16(26)22-12-4-2-3-5-13(12)27-17(22)20-14/h2-9H,1H3,(H2,18,19,21,23,26). The van der Waals surface area contributed by atoms with Gasteiger partial charge in [0.05, 0.1) is 15.1 Å². The van der Waals surface area contributed by atoms with Crippen molar-refractivity contribution in [3.8, 4) is 0 Å². The van der Waals surface area contributed by atoms with E-state index in [1.54, 1.807) is 16.5 Å². The number of hydrogen-bond acceptors (Lipinski definition) is 7. The minimum Gasteiger partial charge on any atom is -0.275 e. The number of nitrogens with one attached hydrogen (secondary N) is 2. The third kappa shape index (κ3) is 3.46. The Labute approximate surface area is 168 Å². The fourth-order valence-electron chi connectivity index (χ4n) is 2.57. The van der Waals surface area contributed by atoms with Gasteiger partial charge in [-0.2, -0.15) is 9.97 Å². The van der Waals surface area contributed by atoms with Crippen molar-refractivity contribution in [3.63, 3.8) is 0 Å². The van der Waals surface area contributed by atoms with E-state index < -0.39 is 16.1 Å². The molecule has 4 aromatic rings. The molecule has 0 aliphatic heterocycles. The van der Waals surface area contributed by atoms with Gasteiger partial charge in [-0.05, 0) is 43.4 Å². The Morgan fingerprint density at radius 1 is 1.11 bits per heavy atom. The van der Waals surface area contributed by atoms with Gasteiger partial charge >= 0.3 is 6.03 Å². The molecular formula is C17H13N5O3S3. The lowest BCUT2D eigenvalue weighted by atomic mass is 10.2. The number of sulfonamides is 1. The van der Waals surface area contributed by atoms with Gasteiger partial charge in [0.1, 0.15) is 0 Å². The number of fused-ring (bicyclic) bond motifs is 3. The maximum absolute atomic E-state index is 12.3. The highest BCUT2D eigenvalue weighted by Crippen LogP contribution is 2.25. The molecule has 2 heterocycles. The molecule has 2 aromatic heterocycles. The fourth-order valence-corrected chi connectivity index (χ4v) is 4.82. The van der Waals surface area contributed by atoms with Crippen LogP contribution in [-0.2, 0) is 10.0 Å². The van der Waals surface area contributed by atoms with E-state index in [1.807, 2.05) is 35.9 Å². The maximum Gasteiger partial charge on any atom is 0.335 e. The summed E-state index contributed by atoms with van der Waals surface area (Å²) in [7, 11) is -4.02. The molecule has 0 bridgehead atoms. The van der Waals surface area contributed by atoms with Gasteiger partial charge in [0.2, 0.25) is 10.7 Å². The highest BCUT2D eigenvalue weighted by atomic mass is 32.2. The van der Waals surface area contributed by atoms with Gasteiger partial charge < -0.3 is 0 Å². The number of carbonyl (C=O) groups excluding carboxylic acids is 1. The molecule has 0 spiro atoms. The molecule has 0 unspecified atom stereocenters. The molecule has 11 heteroatoms. The molecule has 0 atom stereocenters. The summed E-state index contributed by atoms with van der Waals surface area (Å²) in [4.78, 5) is 21.0. The number of anilines is 1. The lowest BCUT2D eigenvalue weighted by Gasteiger charge is -2.08. The zero-order valence-corrected chi connectivity index (χ0v) is 16.9. The minimum absolute atomic E-state index is 0.0198. The number of benzene rings is 2.